The summed E-state index contributed by atoms with van der Waals surface area (Å²) in [5, 5.41) is 3.51. The van der Waals surface area contributed by atoms with E-state index in [1.807, 2.05) is 24.3 Å². The van der Waals surface area contributed by atoms with Crippen LogP contribution in [0.15, 0.2) is 24.3 Å². The molecule has 2 heterocycles. The molecule has 0 spiro atoms. The minimum Gasteiger partial charge on any atom is -0.490 e. The molecule has 0 radical (unpaired) electrons. The Bertz CT molecular complexity index is 449. The lowest BCUT2D eigenvalue weighted by molar-refractivity contribution is 0.0374. The molecule has 1 saturated heterocycles. The number of benzene rings is 1. The summed E-state index contributed by atoms with van der Waals surface area (Å²) in [6, 6.07) is 7.91. The van der Waals surface area contributed by atoms with E-state index >= 15 is 0 Å². The summed E-state index contributed by atoms with van der Waals surface area (Å²) in [5.74, 6) is 1.72. The van der Waals surface area contributed by atoms with Crippen LogP contribution in [-0.2, 0) is 4.74 Å². The van der Waals surface area contributed by atoms with Crippen molar-refractivity contribution in [1.82, 2.24) is 10.2 Å². The van der Waals surface area contributed by atoms with Gasteiger partial charge in [0, 0.05) is 26.1 Å². The monoisotopic (exact) mass is 306 g/mol. The van der Waals surface area contributed by atoms with Crippen LogP contribution in [0.3, 0.4) is 0 Å². The van der Waals surface area contributed by atoms with Gasteiger partial charge in [0.25, 0.3) is 0 Å². The summed E-state index contributed by atoms with van der Waals surface area (Å²) in [5.41, 5.74) is 0. The lowest BCUT2D eigenvalue weighted by Gasteiger charge is -2.26. The highest BCUT2D eigenvalue weighted by Crippen LogP contribution is 2.30. The van der Waals surface area contributed by atoms with Crippen molar-refractivity contribution >= 4 is 0 Å². The fourth-order valence-corrected chi connectivity index (χ4v) is 2.86. The minimum absolute atomic E-state index is 0.187. The Kier molecular flexibility index (Phi) is 5.93. The lowest BCUT2D eigenvalue weighted by Crippen LogP contribution is -2.38. The van der Waals surface area contributed by atoms with Gasteiger partial charge in [-0.25, -0.2) is 0 Å². The fourth-order valence-electron chi connectivity index (χ4n) is 2.86. The van der Waals surface area contributed by atoms with Crippen LogP contribution < -0.4 is 14.8 Å². The SMILES string of the molecule is c1ccc2c(c1)OCCC(CNCCCN1CCOCC1)O2. The van der Waals surface area contributed by atoms with Crippen LogP contribution in [0.5, 0.6) is 11.5 Å². The molecule has 122 valence electrons. The third-order valence-corrected chi connectivity index (χ3v) is 4.14. The molecule has 1 fully saturated rings. The molecule has 0 saturated carbocycles. The van der Waals surface area contributed by atoms with Crippen molar-refractivity contribution in [2.24, 2.45) is 0 Å². The van der Waals surface area contributed by atoms with Gasteiger partial charge in [0.15, 0.2) is 11.5 Å². The molecule has 5 nitrogen and oxygen atoms in total. The zero-order valence-corrected chi connectivity index (χ0v) is 13.1. The first kappa shape index (κ1) is 15.6. The van der Waals surface area contributed by atoms with Gasteiger partial charge >= 0.3 is 0 Å². The first-order valence-corrected chi connectivity index (χ1v) is 8.31. The molecule has 0 aliphatic carbocycles. The van der Waals surface area contributed by atoms with Crippen molar-refractivity contribution in [2.75, 3.05) is 52.5 Å². The Balaban J connectivity index is 1.33. The van der Waals surface area contributed by atoms with Crippen molar-refractivity contribution in [3.63, 3.8) is 0 Å². The quantitative estimate of drug-likeness (QED) is 0.808. The predicted molar refractivity (Wildman–Crippen MR) is 85.7 cm³/mol. The van der Waals surface area contributed by atoms with Crippen LogP contribution in [0.1, 0.15) is 12.8 Å². The number of morpholine rings is 1. The highest BCUT2D eigenvalue weighted by molar-refractivity contribution is 5.40. The summed E-state index contributed by atoms with van der Waals surface area (Å²) < 4.78 is 17.1. The van der Waals surface area contributed by atoms with E-state index in [-0.39, 0.29) is 6.10 Å². The Morgan fingerprint density at radius 3 is 2.77 bits per heavy atom. The van der Waals surface area contributed by atoms with E-state index in [1.165, 1.54) is 6.42 Å². The normalized spacial score (nSPS) is 22.3. The summed E-state index contributed by atoms with van der Waals surface area (Å²) in [4.78, 5) is 2.47. The summed E-state index contributed by atoms with van der Waals surface area (Å²) in [6.45, 7) is 7.66. The molecular formula is C17H26N2O3. The molecule has 0 amide bonds. The molecule has 2 aliphatic heterocycles. The van der Waals surface area contributed by atoms with Gasteiger partial charge in [-0.3, -0.25) is 4.90 Å². The van der Waals surface area contributed by atoms with E-state index in [2.05, 4.69) is 10.2 Å². The lowest BCUT2D eigenvalue weighted by atomic mass is 10.2. The van der Waals surface area contributed by atoms with Gasteiger partial charge in [0.1, 0.15) is 6.10 Å². The number of nitrogens with one attached hydrogen (secondary N) is 1. The number of para-hydroxylation sites is 2. The van der Waals surface area contributed by atoms with Crippen molar-refractivity contribution in [3.05, 3.63) is 24.3 Å². The topological polar surface area (TPSA) is 43.0 Å². The maximum Gasteiger partial charge on any atom is 0.161 e. The molecule has 1 unspecified atom stereocenters. The van der Waals surface area contributed by atoms with Crippen molar-refractivity contribution in [2.45, 2.75) is 18.9 Å². The smallest absolute Gasteiger partial charge is 0.161 e. The average molecular weight is 306 g/mol. The Morgan fingerprint density at radius 2 is 1.91 bits per heavy atom. The van der Waals surface area contributed by atoms with Crippen molar-refractivity contribution in [3.8, 4) is 11.5 Å². The van der Waals surface area contributed by atoms with Crippen LogP contribution >= 0.6 is 0 Å². The van der Waals surface area contributed by atoms with E-state index in [4.69, 9.17) is 14.2 Å². The molecular weight excluding hydrogens is 280 g/mol. The van der Waals surface area contributed by atoms with Gasteiger partial charge in [0.05, 0.1) is 19.8 Å². The summed E-state index contributed by atoms with van der Waals surface area (Å²) in [7, 11) is 0. The zero-order chi connectivity index (χ0) is 15.0. The van der Waals surface area contributed by atoms with Crippen LogP contribution in [0, 0.1) is 0 Å². The highest BCUT2D eigenvalue weighted by Gasteiger charge is 2.17. The van der Waals surface area contributed by atoms with Gasteiger partial charge < -0.3 is 19.5 Å². The Hall–Kier alpha value is -1.30. The van der Waals surface area contributed by atoms with E-state index in [9.17, 15) is 0 Å². The van der Waals surface area contributed by atoms with E-state index in [1.54, 1.807) is 0 Å². The number of rotatable bonds is 6. The number of hydrogen-bond donors (Lipinski definition) is 1. The van der Waals surface area contributed by atoms with Crippen LogP contribution in [-0.4, -0.2) is 63.5 Å². The number of fused-ring (bicyclic) bond motifs is 1. The fraction of sp³-hybridized carbons (Fsp3) is 0.647. The van der Waals surface area contributed by atoms with Gasteiger partial charge in [-0.1, -0.05) is 12.1 Å². The molecule has 1 atom stereocenters. The molecule has 22 heavy (non-hydrogen) atoms. The van der Waals surface area contributed by atoms with E-state index in [0.29, 0.717) is 0 Å². The standard InChI is InChI=1S/C17H26N2O3/c1-2-5-17-16(4-1)21-11-6-15(22-17)14-18-7-3-8-19-9-12-20-13-10-19/h1-2,4-5,15,18H,3,6-14H2. The Labute approximate surface area is 132 Å². The second-order valence-electron chi connectivity index (χ2n) is 5.84. The highest BCUT2D eigenvalue weighted by atomic mass is 16.5. The third-order valence-electron chi connectivity index (χ3n) is 4.14. The van der Waals surface area contributed by atoms with Gasteiger partial charge in [-0.2, -0.15) is 0 Å². The molecule has 1 aromatic carbocycles. The minimum atomic E-state index is 0.187. The van der Waals surface area contributed by atoms with Crippen LogP contribution in [0.4, 0.5) is 0 Å². The van der Waals surface area contributed by atoms with E-state index < -0.39 is 0 Å². The third kappa shape index (κ3) is 4.60. The van der Waals surface area contributed by atoms with Crippen molar-refractivity contribution in [1.29, 1.82) is 0 Å². The number of nitrogens with zero attached hydrogens (tertiary/aromatic N) is 1. The summed E-state index contributed by atoms with van der Waals surface area (Å²) in [6.07, 6.45) is 2.28. The zero-order valence-electron chi connectivity index (χ0n) is 13.1. The van der Waals surface area contributed by atoms with Crippen LogP contribution in [0.2, 0.25) is 0 Å². The molecule has 0 bridgehead atoms. The molecule has 5 heteroatoms. The van der Waals surface area contributed by atoms with Gasteiger partial charge in [-0.15, -0.1) is 0 Å². The maximum absolute atomic E-state index is 6.04. The first-order chi connectivity index (χ1) is 10.9. The molecule has 1 aromatic rings. The predicted octanol–water partition coefficient (Wildman–Crippen LogP) is 1.53. The number of hydrogen-bond acceptors (Lipinski definition) is 5. The Morgan fingerprint density at radius 1 is 1.09 bits per heavy atom. The second-order valence-corrected chi connectivity index (χ2v) is 5.84. The first-order valence-electron chi connectivity index (χ1n) is 8.31. The van der Waals surface area contributed by atoms with Crippen LogP contribution in [0.25, 0.3) is 0 Å². The second kappa shape index (κ2) is 8.36. The molecule has 3 rings (SSSR count). The molecule has 1 N–H and O–H groups in total. The maximum atomic E-state index is 6.04. The average Bonchev–Trinajstić information content (AvgIpc) is 2.77. The largest absolute Gasteiger partial charge is 0.490 e. The van der Waals surface area contributed by atoms with Crippen molar-refractivity contribution < 1.29 is 14.2 Å². The summed E-state index contributed by atoms with van der Waals surface area (Å²) >= 11 is 0. The molecule has 2 aliphatic rings. The molecule has 0 aromatic heterocycles. The van der Waals surface area contributed by atoms with Gasteiger partial charge in [-0.05, 0) is 31.6 Å². The van der Waals surface area contributed by atoms with E-state index in [0.717, 1.165) is 70.5 Å². The number of ether oxygens (including phenoxy) is 3. The van der Waals surface area contributed by atoms with Gasteiger partial charge in [0.2, 0.25) is 0 Å².